The topological polar surface area (TPSA) is 156 Å². The summed E-state index contributed by atoms with van der Waals surface area (Å²) in [4.78, 5) is 60.8. The maximum atomic E-state index is 12.9. The molecule has 43 heavy (non-hydrogen) atoms. The lowest BCUT2D eigenvalue weighted by Gasteiger charge is -2.44. The Labute approximate surface area is 255 Å². The molecule has 0 aromatic rings. The highest BCUT2D eigenvalue weighted by molar-refractivity contribution is 5.76. The quantitative estimate of drug-likeness (QED) is 0.0830. The van der Waals surface area contributed by atoms with Crippen LogP contribution in [0.1, 0.15) is 105 Å². The molecule has 246 valence electrons. The van der Waals surface area contributed by atoms with Crippen molar-refractivity contribution in [3.63, 3.8) is 0 Å². The molecule has 1 aliphatic heterocycles. The Hall–Kier alpha value is -3.15. The lowest BCUT2D eigenvalue weighted by Crippen LogP contribution is -2.62. The summed E-state index contributed by atoms with van der Waals surface area (Å²) in [5, 5.41) is 5.39. The van der Waals surface area contributed by atoms with Gasteiger partial charge in [0.05, 0.1) is 6.10 Å². The van der Waals surface area contributed by atoms with Gasteiger partial charge in [0.2, 0.25) is 5.91 Å². The van der Waals surface area contributed by atoms with Crippen molar-refractivity contribution in [3.05, 3.63) is 12.7 Å². The third-order valence-electron chi connectivity index (χ3n) is 6.93. The average molecular weight is 613 g/mol. The maximum Gasteiger partial charge on any atom is 0.407 e. The first kappa shape index (κ1) is 37.9. The Morgan fingerprint density at radius 1 is 0.721 bits per heavy atom. The predicted octanol–water partition coefficient (Wildman–Crippen LogP) is 4.28. The highest BCUT2D eigenvalue weighted by atomic mass is 16.7. The molecule has 0 radical (unpaired) electrons. The predicted molar refractivity (Wildman–Crippen MR) is 159 cm³/mol. The Morgan fingerprint density at radius 3 is 1.84 bits per heavy atom. The normalized spacial score (nSPS) is 21.3. The zero-order valence-corrected chi connectivity index (χ0v) is 26.4. The van der Waals surface area contributed by atoms with Crippen molar-refractivity contribution in [1.82, 2.24) is 10.6 Å². The molecule has 0 bridgehead atoms. The van der Waals surface area contributed by atoms with Gasteiger partial charge < -0.3 is 34.3 Å². The minimum Gasteiger partial charge on any atom is -0.463 e. The summed E-state index contributed by atoms with van der Waals surface area (Å²) in [7, 11) is 0. The summed E-state index contributed by atoms with van der Waals surface area (Å²) in [6, 6.07) is 0. The van der Waals surface area contributed by atoms with Crippen LogP contribution >= 0.6 is 0 Å². The van der Waals surface area contributed by atoms with Crippen molar-refractivity contribution >= 4 is 29.9 Å². The molecule has 0 aromatic carbocycles. The number of hydrogen-bond acceptors (Lipinski definition) is 10. The monoisotopic (exact) mass is 612 g/mol. The molecule has 0 unspecified atom stereocenters. The van der Waals surface area contributed by atoms with Crippen molar-refractivity contribution in [3.8, 4) is 0 Å². The highest BCUT2D eigenvalue weighted by Crippen LogP contribution is 2.31. The van der Waals surface area contributed by atoms with E-state index < -0.39 is 54.5 Å². The van der Waals surface area contributed by atoms with E-state index in [1.165, 1.54) is 65.4 Å². The molecule has 0 aliphatic carbocycles. The second-order valence-corrected chi connectivity index (χ2v) is 10.8. The van der Waals surface area contributed by atoms with E-state index in [1.807, 2.05) is 0 Å². The van der Waals surface area contributed by atoms with Gasteiger partial charge in [-0.2, -0.15) is 0 Å². The average Bonchev–Trinajstić information content (AvgIpc) is 2.94. The van der Waals surface area contributed by atoms with Crippen LogP contribution in [0.3, 0.4) is 0 Å². The first-order valence-electron chi connectivity index (χ1n) is 15.5. The molecule has 12 nitrogen and oxygen atoms in total. The standard InChI is InChI=1S/C31H52N2O10/c1-6-8-9-10-11-12-13-14-15-16-20-33-31(38)43-28-25(17-18-27(37)32-19-7-2)42-26(21-39-22(3)34)29(40-23(4)35)30(28)41-24(5)36/h7,25-26,28-30H,2,6,8-21H2,1,3-5H3,(H,32,37)(H,33,38)/t25-,26-,28+,29-,30+/m1/s1. The largest absolute Gasteiger partial charge is 0.463 e. The molecule has 1 aliphatic rings. The van der Waals surface area contributed by atoms with Gasteiger partial charge in [0.25, 0.3) is 0 Å². The fraction of sp³-hybridized carbons (Fsp3) is 0.774. The molecule has 5 atom stereocenters. The summed E-state index contributed by atoms with van der Waals surface area (Å²) in [6.07, 6.45) is 6.66. The number of carbonyl (C=O) groups is 5. The van der Waals surface area contributed by atoms with Crippen LogP contribution in [-0.4, -0.2) is 80.1 Å². The summed E-state index contributed by atoms with van der Waals surface area (Å²) in [5.74, 6) is -2.31. The van der Waals surface area contributed by atoms with Crippen LogP contribution in [-0.2, 0) is 42.9 Å². The number of ether oxygens (including phenoxy) is 5. The van der Waals surface area contributed by atoms with Crippen molar-refractivity contribution in [1.29, 1.82) is 0 Å². The van der Waals surface area contributed by atoms with Gasteiger partial charge in [-0.1, -0.05) is 70.8 Å². The maximum absolute atomic E-state index is 12.9. The number of amides is 2. The summed E-state index contributed by atoms with van der Waals surface area (Å²) >= 11 is 0. The van der Waals surface area contributed by atoms with E-state index in [2.05, 4.69) is 24.1 Å². The molecule has 12 heteroatoms. The van der Waals surface area contributed by atoms with Crippen molar-refractivity contribution in [2.45, 2.75) is 135 Å². The number of alkyl carbamates (subject to hydrolysis) is 1. The lowest BCUT2D eigenvalue weighted by atomic mass is 9.92. The van der Waals surface area contributed by atoms with E-state index in [0.717, 1.165) is 25.7 Å². The van der Waals surface area contributed by atoms with E-state index in [4.69, 9.17) is 23.7 Å². The van der Waals surface area contributed by atoms with Gasteiger partial charge in [-0.05, 0) is 12.8 Å². The van der Waals surface area contributed by atoms with Crippen LogP contribution in [0.2, 0.25) is 0 Å². The number of rotatable bonds is 21. The second-order valence-electron chi connectivity index (χ2n) is 10.8. The van der Waals surface area contributed by atoms with Gasteiger partial charge >= 0.3 is 24.0 Å². The third kappa shape index (κ3) is 16.9. The zero-order valence-electron chi connectivity index (χ0n) is 26.4. The minimum atomic E-state index is -1.28. The Morgan fingerprint density at radius 2 is 1.28 bits per heavy atom. The summed E-state index contributed by atoms with van der Waals surface area (Å²) < 4.78 is 27.8. The van der Waals surface area contributed by atoms with Crippen LogP contribution in [0.4, 0.5) is 4.79 Å². The SMILES string of the molecule is C=CCNC(=O)CC[C@H]1O[C@H](COC(C)=O)[C@@H](OC(C)=O)[C@@H](OC(C)=O)[C@H]1OC(=O)NCCCCCCCCCCCC. The fourth-order valence-electron chi connectivity index (χ4n) is 4.87. The van der Waals surface area contributed by atoms with E-state index in [-0.39, 0.29) is 31.9 Å². The molecular formula is C31H52N2O10. The van der Waals surface area contributed by atoms with Crippen LogP contribution in [0.5, 0.6) is 0 Å². The van der Waals surface area contributed by atoms with Gasteiger partial charge in [-0.25, -0.2) is 4.79 Å². The van der Waals surface area contributed by atoms with Crippen molar-refractivity contribution < 1.29 is 47.7 Å². The van der Waals surface area contributed by atoms with Crippen molar-refractivity contribution in [2.24, 2.45) is 0 Å². The Kier molecular flexibility index (Phi) is 19.7. The number of unbranched alkanes of at least 4 members (excludes halogenated alkanes) is 9. The van der Waals surface area contributed by atoms with Crippen LogP contribution in [0, 0.1) is 0 Å². The first-order chi connectivity index (χ1) is 20.6. The molecule has 0 spiro atoms. The van der Waals surface area contributed by atoms with E-state index >= 15 is 0 Å². The molecule has 0 saturated carbocycles. The highest BCUT2D eigenvalue weighted by Gasteiger charge is 2.52. The number of hydrogen-bond donors (Lipinski definition) is 2. The van der Waals surface area contributed by atoms with Gasteiger partial charge in [0.1, 0.15) is 12.7 Å². The van der Waals surface area contributed by atoms with Gasteiger partial charge in [0, 0.05) is 40.3 Å². The number of nitrogens with one attached hydrogen (secondary N) is 2. The van der Waals surface area contributed by atoms with Gasteiger partial charge in [-0.3, -0.25) is 19.2 Å². The van der Waals surface area contributed by atoms with Gasteiger partial charge in [-0.15, -0.1) is 6.58 Å². The van der Waals surface area contributed by atoms with Crippen LogP contribution in [0.15, 0.2) is 12.7 Å². The van der Waals surface area contributed by atoms with E-state index in [9.17, 15) is 24.0 Å². The van der Waals surface area contributed by atoms with E-state index in [1.54, 1.807) is 0 Å². The molecule has 2 amide bonds. The van der Waals surface area contributed by atoms with Gasteiger partial charge in [0.15, 0.2) is 18.3 Å². The molecular weight excluding hydrogens is 560 g/mol. The fourth-order valence-corrected chi connectivity index (χ4v) is 4.87. The zero-order chi connectivity index (χ0) is 32.0. The third-order valence-corrected chi connectivity index (χ3v) is 6.93. The Balaban J connectivity index is 2.90. The number of esters is 3. The lowest BCUT2D eigenvalue weighted by molar-refractivity contribution is -0.247. The van der Waals surface area contributed by atoms with E-state index in [0.29, 0.717) is 6.54 Å². The van der Waals surface area contributed by atoms with Crippen LogP contribution in [0.25, 0.3) is 0 Å². The van der Waals surface area contributed by atoms with Crippen LogP contribution < -0.4 is 10.6 Å². The summed E-state index contributed by atoms with van der Waals surface area (Å²) in [5.41, 5.74) is 0. The summed E-state index contributed by atoms with van der Waals surface area (Å²) in [6.45, 7) is 9.66. The molecule has 1 fully saturated rings. The Bertz CT molecular complexity index is 881. The molecule has 1 heterocycles. The minimum absolute atomic E-state index is 0.0100. The molecule has 1 rings (SSSR count). The second kappa shape index (κ2) is 22.4. The number of carbonyl (C=O) groups excluding carboxylic acids is 5. The molecule has 0 aromatic heterocycles. The van der Waals surface area contributed by atoms with Crippen molar-refractivity contribution in [2.75, 3.05) is 19.7 Å². The smallest absolute Gasteiger partial charge is 0.407 e. The molecule has 1 saturated heterocycles. The first-order valence-corrected chi connectivity index (χ1v) is 15.5. The molecule has 2 N–H and O–H groups in total.